The van der Waals surface area contributed by atoms with Crippen molar-refractivity contribution in [2.24, 2.45) is 17.8 Å². The second kappa shape index (κ2) is 9.07. The Hall–Kier alpha value is -0.0500. The standard InChI is InChI=1S/C17H30BrNO/c18-12-15-9-5-6-10-16(15)13-19-17(20)11-14-7-3-1-2-4-8-14/h14-16H,1-13H2,(H,19,20). The first-order valence-corrected chi connectivity index (χ1v) is 9.74. The molecule has 0 aliphatic heterocycles. The van der Waals surface area contributed by atoms with Crippen LogP contribution in [0.1, 0.15) is 70.6 Å². The van der Waals surface area contributed by atoms with E-state index in [1.807, 2.05) is 0 Å². The van der Waals surface area contributed by atoms with Crippen molar-refractivity contribution >= 4 is 21.8 Å². The van der Waals surface area contributed by atoms with Gasteiger partial charge in [-0.25, -0.2) is 0 Å². The Morgan fingerprint density at radius 1 is 0.900 bits per heavy atom. The Labute approximate surface area is 132 Å². The van der Waals surface area contributed by atoms with Gasteiger partial charge in [0.05, 0.1) is 0 Å². The van der Waals surface area contributed by atoms with Crippen LogP contribution in [-0.2, 0) is 4.79 Å². The van der Waals surface area contributed by atoms with Crippen LogP contribution < -0.4 is 5.32 Å². The maximum absolute atomic E-state index is 12.1. The molecule has 2 aliphatic rings. The van der Waals surface area contributed by atoms with Crippen LogP contribution in [-0.4, -0.2) is 17.8 Å². The van der Waals surface area contributed by atoms with Crippen molar-refractivity contribution in [1.82, 2.24) is 5.32 Å². The molecule has 2 fully saturated rings. The molecule has 0 heterocycles. The van der Waals surface area contributed by atoms with Crippen molar-refractivity contribution in [2.45, 2.75) is 70.6 Å². The quantitative estimate of drug-likeness (QED) is 0.570. The lowest BCUT2D eigenvalue weighted by Gasteiger charge is -2.30. The number of carbonyl (C=O) groups excluding carboxylic acids is 1. The molecule has 0 aromatic rings. The molecule has 0 spiro atoms. The van der Waals surface area contributed by atoms with E-state index in [-0.39, 0.29) is 0 Å². The SMILES string of the molecule is O=C(CC1CCCCCC1)NCC1CCCCC1CBr. The smallest absolute Gasteiger partial charge is 0.220 e. The molecule has 2 rings (SSSR count). The molecule has 3 heteroatoms. The number of hydrogen-bond acceptors (Lipinski definition) is 1. The predicted octanol–water partition coefficient (Wildman–Crippen LogP) is 4.66. The fourth-order valence-corrected chi connectivity index (χ4v) is 4.76. The van der Waals surface area contributed by atoms with Crippen LogP contribution in [0.2, 0.25) is 0 Å². The molecule has 1 N–H and O–H groups in total. The van der Waals surface area contributed by atoms with E-state index < -0.39 is 0 Å². The van der Waals surface area contributed by atoms with E-state index in [1.54, 1.807) is 0 Å². The minimum atomic E-state index is 0.302. The monoisotopic (exact) mass is 343 g/mol. The molecule has 0 aromatic carbocycles. The first-order chi connectivity index (χ1) is 9.79. The van der Waals surface area contributed by atoms with Crippen LogP contribution in [0, 0.1) is 17.8 Å². The minimum absolute atomic E-state index is 0.302. The zero-order valence-corrected chi connectivity index (χ0v) is 14.3. The van der Waals surface area contributed by atoms with Crippen LogP contribution in [0.15, 0.2) is 0 Å². The summed E-state index contributed by atoms with van der Waals surface area (Å²) in [7, 11) is 0. The fraction of sp³-hybridized carbons (Fsp3) is 0.941. The Morgan fingerprint density at radius 2 is 1.50 bits per heavy atom. The van der Waals surface area contributed by atoms with E-state index in [9.17, 15) is 4.79 Å². The third-order valence-corrected chi connectivity index (χ3v) is 6.11. The molecule has 0 saturated heterocycles. The summed E-state index contributed by atoms with van der Waals surface area (Å²) in [6.45, 7) is 0.905. The van der Waals surface area contributed by atoms with Crippen molar-refractivity contribution in [1.29, 1.82) is 0 Å². The molecule has 20 heavy (non-hydrogen) atoms. The molecule has 2 nitrogen and oxygen atoms in total. The van der Waals surface area contributed by atoms with Crippen molar-refractivity contribution in [3.63, 3.8) is 0 Å². The average Bonchev–Trinajstić information content (AvgIpc) is 2.74. The van der Waals surface area contributed by atoms with E-state index in [2.05, 4.69) is 21.2 Å². The van der Waals surface area contributed by atoms with Crippen molar-refractivity contribution < 1.29 is 4.79 Å². The molecular weight excluding hydrogens is 314 g/mol. The highest BCUT2D eigenvalue weighted by Gasteiger charge is 2.25. The third kappa shape index (κ3) is 5.38. The number of alkyl halides is 1. The Bertz CT molecular complexity index is 287. The second-order valence-electron chi connectivity index (χ2n) is 6.82. The minimum Gasteiger partial charge on any atom is -0.356 e. The summed E-state index contributed by atoms with van der Waals surface area (Å²) in [5, 5.41) is 4.32. The van der Waals surface area contributed by atoms with E-state index in [0.29, 0.717) is 17.7 Å². The second-order valence-corrected chi connectivity index (χ2v) is 7.47. The topological polar surface area (TPSA) is 29.1 Å². The molecule has 116 valence electrons. The first-order valence-electron chi connectivity index (χ1n) is 8.62. The van der Waals surface area contributed by atoms with Gasteiger partial charge in [0, 0.05) is 18.3 Å². The number of amides is 1. The lowest BCUT2D eigenvalue weighted by Crippen LogP contribution is -2.35. The molecule has 1 amide bonds. The highest BCUT2D eigenvalue weighted by Crippen LogP contribution is 2.31. The van der Waals surface area contributed by atoms with Crippen LogP contribution >= 0.6 is 15.9 Å². The summed E-state index contributed by atoms with van der Waals surface area (Å²) in [4.78, 5) is 12.1. The zero-order valence-electron chi connectivity index (χ0n) is 12.7. The number of rotatable bonds is 5. The van der Waals surface area contributed by atoms with Gasteiger partial charge in [0.2, 0.25) is 5.91 Å². The predicted molar refractivity (Wildman–Crippen MR) is 88.1 cm³/mol. The molecule has 0 aromatic heterocycles. The van der Waals surface area contributed by atoms with Crippen molar-refractivity contribution in [3.05, 3.63) is 0 Å². The summed E-state index contributed by atoms with van der Waals surface area (Å²) in [5.74, 6) is 2.41. The molecule has 2 unspecified atom stereocenters. The van der Waals surface area contributed by atoms with Gasteiger partial charge in [-0.15, -0.1) is 0 Å². The highest BCUT2D eigenvalue weighted by atomic mass is 79.9. The van der Waals surface area contributed by atoms with Crippen LogP contribution in [0.25, 0.3) is 0 Å². The van der Waals surface area contributed by atoms with Crippen molar-refractivity contribution in [3.8, 4) is 0 Å². The summed E-state index contributed by atoms with van der Waals surface area (Å²) in [6, 6.07) is 0. The van der Waals surface area contributed by atoms with Gasteiger partial charge >= 0.3 is 0 Å². The molecule has 0 radical (unpaired) electrons. The normalized spacial score (nSPS) is 28.9. The summed E-state index contributed by atoms with van der Waals surface area (Å²) in [5.41, 5.74) is 0. The van der Waals surface area contributed by atoms with Crippen LogP contribution in [0.5, 0.6) is 0 Å². The molecular formula is C17H30BrNO. The van der Waals surface area contributed by atoms with E-state index in [1.165, 1.54) is 64.2 Å². The number of carbonyl (C=O) groups is 1. The summed E-state index contributed by atoms with van der Waals surface area (Å²) in [6.07, 6.45) is 14.0. The van der Waals surface area contributed by atoms with E-state index >= 15 is 0 Å². The van der Waals surface area contributed by atoms with Gasteiger partial charge < -0.3 is 5.32 Å². The largest absolute Gasteiger partial charge is 0.356 e. The maximum atomic E-state index is 12.1. The number of halogens is 1. The number of hydrogen-bond donors (Lipinski definition) is 1. The Kier molecular flexibility index (Phi) is 7.40. The number of nitrogens with one attached hydrogen (secondary N) is 1. The van der Waals surface area contributed by atoms with Gasteiger partial charge in [0.25, 0.3) is 0 Å². The van der Waals surface area contributed by atoms with Crippen LogP contribution in [0.4, 0.5) is 0 Å². The van der Waals surface area contributed by atoms with Gasteiger partial charge in [0.1, 0.15) is 0 Å². The molecule has 2 atom stereocenters. The average molecular weight is 344 g/mol. The first kappa shape index (κ1) is 16.3. The van der Waals surface area contributed by atoms with Crippen molar-refractivity contribution in [2.75, 3.05) is 11.9 Å². The summed E-state index contributed by atoms with van der Waals surface area (Å²) < 4.78 is 0. The summed E-state index contributed by atoms with van der Waals surface area (Å²) >= 11 is 3.63. The van der Waals surface area contributed by atoms with E-state index in [4.69, 9.17) is 0 Å². The zero-order chi connectivity index (χ0) is 14.2. The highest BCUT2D eigenvalue weighted by molar-refractivity contribution is 9.09. The lowest BCUT2D eigenvalue weighted by molar-refractivity contribution is -0.122. The molecule has 2 aliphatic carbocycles. The van der Waals surface area contributed by atoms with Gasteiger partial charge in [-0.2, -0.15) is 0 Å². The fourth-order valence-electron chi connectivity index (χ4n) is 3.90. The molecule has 0 bridgehead atoms. The Morgan fingerprint density at radius 3 is 2.15 bits per heavy atom. The van der Waals surface area contributed by atoms with Gasteiger partial charge in [-0.3, -0.25) is 4.79 Å². The molecule has 2 saturated carbocycles. The van der Waals surface area contributed by atoms with E-state index in [0.717, 1.165) is 24.2 Å². The third-order valence-electron chi connectivity index (χ3n) is 5.27. The van der Waals surface area contributed by atoms with Gasteiger partial charge in [-0.1, -0.05) is 54.5 Å². The maximum Gasteiger partial charge on any atom is 0.220 e. The lowest BCUT2D eigenvalue weighted by atomic mass is 9.80. The van der Waals surface area contributed by atoms with Gasteiger partial charge in [-0.05, 0) is 43.4 Å². The van der Waals surface area contributed by atoms with Gasteiger partial charge in [0.15, 0.2) is 0 Å². The van der Waals surface area contributed by atoms with Crippen LogP contribution in [0.3, 0.4) is 0 Å². The Balaban J connectivity index is 1.68.